The maximum atomic E-state index is 12.8. The van der Waals surface area contributed by atoms with Crippen molar-refractivity contribution in [1.29, 1.82) is 0 Å². The molecule has 1 atom stereocenters. The molecule has 1 amide bonds. The van der Waals surface area contributed by atoms with E-state index in [9.17, 15) is 18.4 Å². The second kappa shape index (κ2) is 9.28. The number of rotatable bonds is 9. The summed E-state index contributed by atoms with van der Waals surface area (Å²) in [5.41, 5.74) is 2.45. The number of carbonyl (C=O) groups is 2. The molecule has 1 aromatic carbocycles. The van der Waals surface area contributed by atoms with Crippen LogP contribution < -0.4 is 10.1 Å². The number of Topliss-reactive ketones (excluding diaryl/α,β-unsaturated/α-hetero) is 1. The zero-order chi connectivity index (χ0) is 21.8. The van der Waals surface area contributed by atoms with E-state index in [1.165, 1.54) is 0 Å². The van der Waals surface area contributed by atoms with Gasteiger partial charge in [0.15, 0.2) is 0 Å². The lowest BCUT2D eigenvalue weighted by Crippen LogP contribution is -2.28. The van der Waals surface area contributed by atoms with Crippen molar-refractivity contribution in [1.82, 2.24) is 15.3 Å². The molecule has 1 N–H and O–H groups in total. The van der Waals surface area contributed by atoms with Gasteiger partial charge in [0.1, 0.15) is 29.7 Å². The highest BCUT2D eigenvalue weighted by molar-refractivity contribution is 5.93. The number of alkyl halides is 2. The normalized spacial score (nSPS) is 14.5. The predicted molar refractivity (Wildman–Crippen MR) is 107 cm³/mol. The summed E-state index contributed by atoms with van der Waals surface area (Å²) in [5, 5.41) is 2.87. The minimum Gasteiger partial charge on any atom is -0.488 e. The molecule has 1 fully saturated rings. The van der Waals surface area contributed by atoms with Gasteiger partial charge in [-0.1, -0.05) is 6.07 Å². The van der Waals surface area contributed by atoms with Crippen LogP contribution in [0.3, 0.4) is 0 Å². The van der Waals surface area contributed by atoms with E-state index >= 15 is 0 Å². The number of amides is 1. The molecule has 1 aliphatic carbocycles. The Balaban J connectivity index is 1.71. The third-order valence-electron chi connectivity index (χ3n) is 4.94. The zero-order valence-electron chi connectivity index (χ0n) is 17.2. The molecule has 0 spiro atoms. The largest absolute Gasteiger partial charge is 0.488 e. The topological polar surface area (TPSA) is 81.2 Å². The van der Waals surface area contributed by atoms with Crippen LogP contribution in [0.2, 0.25) is 0 Å². The van der Waals surface area contributed by atoms with Gasteiger partial charge in [0.05, 0.1) is 12.5 Å². The van der Waals surface area contributed by atoms with Crippen LogP contribution in [0.1, 0.15) is 58.9 Å². The van der Waals surface area contributed by atoms with Crippen LogP contribution in [0.25, 0.3) is 0 Å². The summed E-state index contributed by atoms with van der Waals surface area (Å²) < 4.78 is 29.9. The van der Waals surface area contributed by atoms with Crippen LogP contribution in [0.4, 0.5) is 8.78 Å². The van der Waals surface area contributed by atoms with Crippen LogP contribution in [0.5, 0.6) is 5.75 Å². The molecule has 6 nitrogen and oxygen atoms in total. The van der Waals surface area contributed by atoms with E-state index in [4.69, 9.17) is 4.74 Å². The second-order valence-electron chi connectivity index (χ2n) is 7.64. The van der Waals surface area contributed by atoms with E-state index in [1.54, 1.807) is 38.1 Å². The Labute approximate surface area is 174 Å². The molecule has 1 aromatic heterocycles. The van der Waals surface area contributed by atoms with Gasteiger partial charge in [-0.2, -0.15) is 0 Å². The maximum absolute atomic E-state index is 12.8. The van der Waals surface area contributed by atoms with Crippen LogP contribution >= 0.6 is 0 Å². The van der Waals surface area contributed by atoms with Crippen LogP contribution in [-0.2, 0) is 11.2 Å². The molecule has 8 heteroatoms. The lowest BCUT2D eigenvalue weighted by atomic mass is 10.0. The van der Waals surface area contributed by atoms with Gasteiger partial charge < -0.3 is 10.1 Å². The number of nitrogens with zero attached hydrogens (tertiary/aromatic N) is 2. The summed E-state index contributed by atoms with van der Waals surface area (Å²) in [6.45, 7) is 4.72. The molecule has 0 aliphatic heterocycles. The average Bonchev–Trinajstić information content (AvgIpc) is 3.52. The molecule has 0 saturated heterocycles. The number of hydrogen-bond donors (Lipinski definition) is 1. The van der Waals surface area contributed by atoms with E-state index in [0.29, 0.717) is 17.3 Å². The van der Waals surface area contributed by atoms with Crippen molar-refractivity contribution in [2.24, 2.45) is 5.92 Å². The summed E-state index contributed by atoms with van der Waals surface area (Å²) >= 11 is 0. The molecule has 0 radical (unpaired) electrons. The Morgan fingerprint density at radius 1 is 1.20 bits per heavy atom. The molecule has 1 heterocycles. The number of benzene rings is 1. The highest BCUT2D eigenvalue weighted by atomic mass is 19.3. The maximum Gasteiger partial charge on any atom is 0.272 e. The number of aryl methyl sites for hydroxylation is 2. The number of ketones is 1. The highest BCUT2D eigenvalue weighted by Gasteiger charge is 2.30. The Morgan fingerprint density at radius 3 is 2.60 bits per heavy atom. The van der Waals surface area contributed by atoms with Crippen molar-refractivity contribution in [2.75, 3.05) is 6.61 Å². The summed E-state index contributed by atoms with van der Waals surface area (Å²) in [6.07, 6.45) is -0.608. The lowest BCUT2D eigenvalue weighted by Gasteiger charge is -2.18. The van der Waals surface area contributed by atoms with Crippen LogP contribution in [-0.4, -0.2) is 34.7 Å². The van der Waals surface area contributed by atoms with Gasteiger partial charge in [-0.25, -0.2) is 18.7 Å². The third-order valence-corrected chi connectivity index (χ3v) is 4.94. The van der Waals surface area contributed by atoms with Crippen molar-refractivity contribution in [2.45, 2.75) is 52.5 Å². The number of aromatic nitrogens is 2. The monoisotopic (exact) mass is 417 g/mol. The molecule has 2 aromatic rings. The average molecular weight is 417 g/mol. The summed E-state index contributed by atoms with van der Waals surface area (Å²) in [4.78, 5) is 33.4. The quantitative estimate of drug-likeness (QED) is 0.672. The summed E-state index contributed by atoms with van der Waals surface area (Å²) in [5.74, 6) is 0.482. The fraction of sp³-hybridized carbons (Fsp3) is 0.455. The van der Waals surface area contributed by atoms with Crippen LogP contribution in [0.15, 0.2) is 24.3 Å². The van der Waals surface area contributed by atoms with Crippen molar-refractivity contribution in [3.8, 4) is 5.75 Å². The summed E-state index contributed by atoms with van der Waals surface area (Å²) in [7, 11) is 0. The highest BCUT2D eigenvalue weighted by Crippen LogP contribution is 2.30. The first kappa shape index (κ1) is 21.8. The van der Waals surface area contributed by atoms with E-state index in [-0.39, 0.29) is 23.8 Å². The predicted octanol–water partition coefficient (Wildman–Crippen LogP) is 3.75. The molecular formula is C22H25F2N3O3. The Hall–Kier alpha value is -2.90. The van der Waals surface area contributed by atoms with Crippen molar-refractivity contribution in [3.05, 3.63) is 52.6 Å². The number of nitrogens with one attached hydrogen (secondary N) is 1. The standard InChI is InChI=1S/C22H25F2N3O3/c1-12-4-7-16(30-11-20(23)24)9-17(12)14(3)26-22(29)18-8-13(2)25-21(27-18)10-19(28)15-5-6-15/h4,7-9,14-15,20H,5-6,10-11H2,1-3H3,(H,26,29). The van der Waals surface area contributed by atoms with Crippen molar-refractivity contribution >= 4 is 11.7 Å². The Bertz CT molecular complexity index is 945. The molecule has 30 heavy (non-hydrogen) atoms. The fourth-order valence-corrected chi connectivity index (χ4v) is 3.21. The number of carbonyl (C=O) groups excluding carboxylic acids is 2. The number of hydrogen-bond acceptors (Lipinski definition) is 5. The SMILES string of the molecule is Cc1cc(C(=O)NC(C)c2cc(OCC(F)F)ccc2C)nc(CC(=O)C2CC2)n1. The minimum atomic E-state index is -2.56. The van der Waals surface area contributed by atoms with Gasteiger partial charge in [0, 0.05) is 11.6 Å². The fourth-order valence-electron chi connectivity index (χ4n) is 3.21. The van der Waals surface area contributed by atoms with Gasteiger partial charge >= 0.3 is 0 Å². The van der Waals surface area contributed by atoms with E-state index in [0.717, 1.165) is 24.0 Å². The van der Waals surface area contributed by atoms with Gasteiger partial charge in [-0.05, 0) is 62.9 Å². The van der Waals surface area contributed by atoms with E-state index in [1.807, 2.05) is 6.92 Å². The first-order chi connectivity index (χ1) is 14.2. The zero-order valence-corrected chi connectivity index (χ0v) is 17.2. The first-order valence-electron chi connectivity index (χ1n) is 9.92. The summed E-state index contributed by atoms with van der Waals surface area (Å²) in [6, 6.07) is 6.19. The molecule has 160 valence electrons. The van der Waals surface area contributed by atoms with Gasteiger partial charge in [0.25, 0.3) is 12.3 Å². The smallest absolute Gasteiger partial charge is 0.272 e. The van der Waals surface area contributed by atoms with Crippen molar-refractivity contribution < 1.29 is 23.1 Å². The second-order valence-corrected chi connectivity index (χ2v) is 7.64. The lowest BCUT2D eigenvalue weighted by molar-refractivity contribution is -0.119. The van der Waals surface area contributed by atoms with Crippen molar-refractivity contribution in [3.63, 3.8) is 0 Å². The Morgan fingerprint density at radius 2 is 1.93 bits per heavy atom. The molecular weight excluding hydrogens is 392 g/mol. The third kappa shape index (κ3) is 5.81. The first-order valence-corrected chi connectivity index (χ1v) is 9.92. The molecule has 0 bridgehead atoms. The minimum absolute atomic E-state index is 0.106. The van der Waals surface area contributed by atoms with Gasteiger partial charge in [-0.3, -0.25) is 9.59 Å². The van der Waals surface area contributed by atoms with Gasteiger partial charge in [-0.15, -0.1) is 0 Å². The Kier molecular flexibility index (Phi) is 6.74. The van der Waals surface area contributed by atoms with Gasteiger partial charge in [0.2, 0.25) is 0 Å². The molecule has 1 unspecified atom stereocenters. The molecule has 1 aliphatic rings. The number of ether oxygens (including phenoxy) is 1. The van der Waals surface area contributed by atoms with Crippen LogP contribution in [0, 0.1) is 19.8 Å². The van der Waals surface area contributed by atoms with E-state index < -0.39 is 25.0 Å². The molecule has 1 saturated carbocycles. The number of halogens is 2. The van der Waals surface area contributed by atoms with E-state index in [2.05, 4.69) is 15.3 Å². The molecule has 3 rings (SSSR count).